The van der Waals surface area contributed by atoms with Crippen molar-refractivity contribution in [3.05, 3.63) is 59.6 Å². The summed E-state index contributed by atoms with van der Waals surface area (Å²) in [6.07, 6.45) is 0.614. The van der Waals surface area contributed by atoms with E-state index in [-0.39, 0.29) is 5.91 Å². The van der Waals surface area contributed by atoms with Crippen molar-refractivity contribution in [3.8, 4) is 0 Å². The molecule has 2 aromatic rings. The van der Waals surface area contributed by atoms with Crippen LogP contribution in [0, 0.1) is 0 Å². The molecule has 1 amide bonds. The second-order valence-corrected chi connectivity index (χ2v) is 8.20. The number of para-hydroxylation sites is 1. The monoisotopic (exact) mass is 412 g/mol. The van der Waals surface area contributed by atoms with Gasteiger partial charge in [-0.1, -0.05) is 35.9 Å². The number of carbonyl (C=O) groups excluding carboxylic acids is 1. The zero-order valence-corrected chi connectivity index (χ0v) is 17.6. The zero-order chi connectivity index (χ0) is 20.1. The molecule has 2 saturated heterocycles. The van der Waals surface area contributed by atoms with Crippen molar-refractivity contribution < 1.29 is 4.79 Å². The van der Waals surface area contributed by atoms with Gasteiger partial charge in [-0.3, -0.25) is 9.69 Å². The van der Waals surface area contributed by atoms with Crippen molar-refractivity contribution in [2.75, 3.05) is 68.7 Å². The molecule has 2 heterocycles. The van der Waals surface area contributed by atoms with E-state index in [4.69, 9.17) is 11.6 Å². The summed E-state index contributed by atoms with van der Waals surface area (Å²) in [5.41, 5.74) is 2.43. The van der Waals surface area contributed by atoms with Gasteiger partial charge in [0, 0.05) is 81.7 Å². The van der Waals surface area contributed by atoms with Gasteiger partial charge in [-0.05, 0) is 30.3 Å². The Morgan fingerprint density at radius 3 is 2.07 bits per heavy atom. The molecule has 29 heavy (non-hydrogen) atoms. The minimum Gasteiger partial charge on any atom is -0.369 e. The fourth-order valence-electron chi connectivity index (χ4n) is 4.17. The van der Waals surface area contributed by atoms with E-state index in [9.17, 15) is 4.79 Å². The molecule has 0 N–H and O–H groups in total. The second-order valence-electron chi connectivity index (χ2n) is 7.76. The van der Waals surface area contributed by atoms with Gasteiger partial charge in [0.15, 0.2) is 0 Å². The highest BCUT2D eigenvalue weighted by Gasteiger charge is 2.23. The molecular formula is C23H29ClN4O. The van der Waals surface area contributed by atoms with Crippen molar-refractivity contribution in [1.29, 1.82) is 0 Å². The molecular weight excluding hydrogens is 384 g/mol. The smallest absolute Gasteiger partial charge is 0.223 e. The lowest BCUT2D eigenvalue weighted by atomic mass is 10.2. The lowest BCUT2D eigenvalue weighted by molar-refractivity contribution is -0.131. The molecule has 0 aliphatic carbocycles. The van der Waals surface area contributed by atoms with E-state index in [0.29, 0.717) is 6.42 Å². The third kappa shape index (κ3) is 5.22. The van der Waals surface area contributed by atoms with Crippen molar-refractivity contribution >= 4 is 28.9 Å². The lowest BCUT2D eigenvalue weighted by Crippen LogP contribution is -2.50. The maximum atomic E-state index is 12.7. The molecule has 0 bridgehead atoms. The van der Waals surface area contributed by atoms with E-state index in [1.165, 1.54) is 5.69 Å². The van der Waals surface area contributed by atoms with Crippen LogP contribution in [0.25, 0.3) is 0 Å². The van der Waals surface area contributed by atoms with Crippen LogP contribution in [0.5, 0.6) is 0 Å². The molecule has 2 aromatic carbocycles. The van der Waals surface area contributed by atoms with Gasteiger partial charge in [0.25, 0.3) is 0 Å². The van der Waals surface area contributed by atoms with Crippen molar-refractivity contribution in [2.45, 2.75) is 6.42 Å². The molecule has 0 atom stereocenters. The summed E-state index contributed by atoms with van der Waals surface area (Å²) in [7, 11) is 0. The number of piperazine rings is 2. The highest BCUT2D eigenvalue weighted by Crippen LogP contribution is 2.21. The number of nitrogens with zero attached hydrogens (tertiary/aromatic N) is 4. The van der Waals surface area contributed by atoms with Crippen LogP contribution < -0.4 is 9.80 Å². The first-order valence-electron chi connectivity index (χ1n) is 10.5. The maximum Gasteiger partial charge on any atom is 0.223 e. The van der Waals surface area contributed by atoms with Crippen LogP contribution >= 0.6 is 11.6 Å². The highest BCUT2D eigenvalue weighted by molar-refractivity contribution is 6.30. The van der Waals surface area contributed by atoms with Gasteiger partial charge in [-0.25, -0.2) is 0 Å². The summed E-state index contributed by atoms with van der Waals surface area (Å²) in [6, 6.07) is 18.5. The van der Waals surface area contributed by atoms with Crippen LogP contribution in [0.3, 0.4) is 0 Å². The average molecular weight is 413 g/mol. The molecule has 2 fully saturated rings. The van der Waals surface area contributed by atoms with Crippen molar-refractivity contribution in [1.82, 2.24) is 9.80 Å². The first-order valence-corrected chi connectivity index (χ1v) is 10.9. The molecule has 0 radical (unpaired) electrons. The zero-order valence-electron chi connectivity index (χ0n) is 16.8. The molecule has 0 aromatic heterocycles. The fraction of sp³-hybridized carbons (Fsp3) is 0.435. The van der Waals surface area contributed by atoms with Crippen LogP contribution in [-0.4, -0.2) is 74.6 Å². The van der Waals surface area contributed by atoms with Crippen molar-refractivity contribution in [2.24, 2.45) is 0 Å². The Balaban J connectivity index is 1.18. The van der Waals surface area contributed by atoms with Crippen LogP contribution in [0.15, 0.2) is 54.6 Å². The summed E-state index contributed by atoms with van der Waals surface area (Å²) in [5, 5.41) is 0.758. The van der Waals surface area contributed by atoms with Gasteiger partial charge in [-0.15, -0.1) is 0 Å². The normalized spacial score (nSPS) is 18.2. The maximum absolute atomic E-state index is 12.7. The molecule has 2 aliphatic heterocycles. The highest BCUT2D eigenvalue weighted by atomic mass is 35.5. The summed E-state index contributed by atoms with van der Waals surface area (Å²) >= 11 is 6.10. The quantitative estimate of drug-likeness (QED) is 0.754. The Bertz CT molecular complexity index is 800. The summed E-state index contributed by atoms with van der Waals surface area (Å²) < 4.78 is 0. The number of hydrogen-bond acceptors (Lipinski definition) is 4. The predicted molar refractivity (Wildman–Crippen MR) is 120 cm³/mol. The second kappa shape index (κ2) is 9.51. The van der Waals surface area contributed by atoms with Crippen LogP contribution in [0.1, 0.15) is 6.42 Å². The first-order chi connectivity index (χ1) is 14.2. The number of amides is 1. The molecule has 4 rings (SSSR count). The molecule has 5 nitrogen and oxygen atoms in total. The summed E-state index contributed by atoms with van der Waals surface area (Å²) in [5.74, 6) is 0.279. The third-order valence-corrected chi connectivity index (χ3v) is 6.18. The van der Waals surface area contributed by atoms with Gasteiger partial charge >= 0.3 is 0 Å². The molecule has 2 aliphatic rings. The van der Waals surface area contributed by atoms with Gasteiger partial charge < -0.3 is 14.7 Å². The summed E-state index contributed by atoms with van der Waals surface area (Å²) in [6.45, 7) is 8.24. The van der Waals surface area contributed by atoms with Gasteiger partial charge in [-0.2, -0.15) is 0 Å². The SMILES string of the molecule is O=C(CCN1CCN(c2ccccc2)CC1)N1CCN(c2cccc(Cl)c2)CC1. The minimum atomic E-state index is 0.279. The molecule has 154 valence electrons. The number of anilines is 2. The number of halogens is 1. The third-order valence-electron chi connectivity index (χ3n) is 5.94. The van der Waals surface area contributed by atoms with E-state index in [2.05, 4.69) is 51.1 Å². The van der Waals surface area contributed by atoms with Gasteiger partial charge in [0.05, 0.1) is 0 Å². The van der Waals surface area contributed by atoms with E-state index < -0.39 is 0 Å². The summed E-state index contributed by atoms with van der Waals surface area (Å²) in [4.78, 5) is 21.8. The van der Waals surface area contributed by atoms with Crippen molar-refractivity contribution in [3.63, 3.8) is 0 Å². The van der Waals surface area contributed by atoms with Gasteiger partial charge in [0.1, 0.15) is 0 Å². The van der Waals surface area contributed by atoms with Crippen LogP contribution in [-0.2, 0) is 4.79 Å². The number of rotatable bonds is 5. The van der Waals surface area contributed by atoms with Crippen LogP contribution in [0.2, 0.25) is 5.02 Å². The molecule has 0 unspecified atom stereocenters. The molecule has 6 heteroatoms. The van der Waals surface area contributed by atoms with Gasteiger partial charge in [0.2, 0.25) is 5.91 Å². The largest absolute Gasteiger partial charge is 0.369 e. The van der Waals surface area contributed by atoms with Crippen LogP contribution in [0.4, 0.5) is 11.4 Å². The van der Waals surface area contributed by atoms with E-state index in [0.717, 1.165) is 69.6 Å². The Labute approximate surface area is 178 Å². The molecule has 0 saturated carbocycles. The molecule has 0 spiro atoms. The standard InChI is InChI=1S/C23H29ClN4O/c24-20-5-4-8-22(19-20)27-15-17-28(18-16-27)23(29)9-10-25-11-13-26(14-12-25)21-6-2-1-3-7-21/h1-8,19H,9-18H2. The lowest BCUT2D eigenvalue weighted by Gasteiger charge is -2.38. The van der Waals surface area contributed by atoms with E-state index in [1.54, 1.807) is 0 Å². The topological polar surface area (TPSA) is 30.0 Å². The fourth-order valence-corrected chi connectivity index (χ4v) is 4.35. The first kappa shape index (κ1) is 20.0. The average Bonchev–Trinajstić information content (AvgIpc) is 2.78. The van der Waals surface area contributed by atoms with E-state index in [1.807, 2.05) is 23.1 Å². The Morgan fingerprint density at radius 1 is 0.759 bits per heavy atom. The number of carbonyl (C=O) groups is 1. The minimum absolute atomic E-state index is 0.279. The number of benzene rings is 2. The predicted octanol–water partition coefficient (Wildman–Crippen LogP) is 3.20. The Morgan fingerprint density at radius 2 is 1.38 bits per heavy atom. The number of hydrogen-bond donors (Lipinski definition) is 0. The van der Waals surface area contributed by atoms with E-state index >= 15 is 0 Å². The Hall–Kier alpha value is -2.24. The Kier molecular flexibility index (Phi) is 6.57.